The molecule has 1 saturated carbocycles. The number of esters is 1. The first-order valence-electron chi connectivity index (χ1n) is 7.50. The van der Waals surface area contributed by atoms with Crippen LogP contribution in [0.4, 0.5) is 0 Å². The fourth-order valence-corrected chi connectivity index (χ4v) is 3.45. The SMILES string of the molecule is COC(=O)C1=COC(O)C2C(COc3ccccc3)CCC12. The summed E-state index contributed by atoms with van der Waals surface area (Å²) in [6, 6.07) is 9.58. The van der Waals surface area contributed by atoms with Crippen LogP contribution in [0, 0.1) is 17.8 Å². The van der Waals surface area contributed by atoms with Crippen molar-refractivity contribution in [3.05, 3.63) is 42.2 Å². The Morgan fingerprint density at radius 3 is 2.82 bits per heavy atom. The molecular formula is C17H20O5. The Morgan fingerprint density at radius 2 is 2.09 bits per heavy atom. The monoisotopic (exact) mass is 304 g/mol. The first-order chi connectivity index (χ1) is 10.7. The Hall–Kier alpha value is -2.01. The Bertz CT molecular complexity index is 553. The van der Waals surface area contributed by atoms with Crippen molar-refractivity contribution in [1.29, 1.82) is 0 Å². The quantitative estimate of drug-likeness (QED) is 0.863. The van der Waals surface area contributed by atoms with Gasteiger partial charge in [-0.3, -0.25) is 0 Å². The summed E-state index contributed by atoms with van der Waals surface area (Å²) in [5.41, 5.74) is 0.514. The molecule has 0 spiro atoms. The summed E-state index contributed by atoms with van der Waals surface area (Å²) in [5.74, 6) is 0.407. The standard InChI is InChI=1S/C17H20O5/c1-20-16(18)14-10-22-17(19)15-11(7-8-13(14)15)9-21-12-5-3-2-4-6-12/h2-6,10-11,13,15,17,19H,7-9H2,1H3. The van der Waals surface area contributed by atoms with E-state index in [1.54, 1.807) is 0 Å². The molecule has 4 atom stereocenters. The molecule has 0 radical (unpaired) electrons. The molecule has 1 aliphatic heterocycles. The number of fused-ring (bicyclic) bond motifs is 1. The lowest BCUT2D eigenvalue weighted by Gasteiger charge is -2.33. The number of rotatable bonds is 4. The number of ether oxygens (including phenoxy) is 3. The maximum absolute atomic E-state index is 11.8. The summed E-state index contributed by atoms with van der Waals surface area (Å²) in [5, 5.41) is 10.1. The highest BCUT2D eigenvalue weighted by atomic mass is 16.6. The minimum atomic E-state index is -0.898. The van der Waals surface area contributed by atoms with E-state index in [9.17, 15) is 9.90 Å². The molecule has 118 valence electrons. The molecule has 5 nitrogen and oxygen atoms in total. The van der Waals surface area contributed by atoms with Crippen molar-refractivity contribution in [2.24, 2.45) is 17.8 Å². The predicted molar refractivity (Wildman–Crippen MR) is 78.8 cm³/mol. The maximum Gasteiger partial charge on any atom is 0.337 e. The number of carbonyl (C=O) groups is 1. The number of benzene rings is 1. The fourth-order valence-electron chi connectivity index (χ4n) is 3.45. The summed E-state index contributed by atoms with van der Waals surface area (Å²) in [4.78, 5) is 11.8. The van der Waals surface area contributed by atoms with Crippen LogP contribution in [0.25, 0.3) is 0 Å². The number of para-hydroxylation sites is 1. The Labute approximate surface area is 129 Å². The van der Waals surface area contributed by atoms with Gasteiger partial charge in [-0.15, -0.1) is 0 Å². The minimum absolute atomic E-state index is 0.0272. The molecule has 0 aromatic heterocycles. The van der Waals surface area contributed by atoms with E-state index in [4.69, 9.17) is 14.2 Å². The van der Waals surface area contributed by atoms with Crippen LogP contribution in [-0.2, 0) is 14.3 Å². The van der Waals surface area contributed by atoms with Crippen molar-refractivity contribution >= 4 is 5.97 Å². The van der Waals surface area contributed by atoms with Gasteiger partial charge in [0.1, 0.15) is 5.75 Å². The summed E-state index contributed by atoms with van der Waals surface area (Å²) in [6.45, 7) is 0.500. The van der Waals surface area contributed by atoms with Crippen LogP contribution in [0.15, 0.2) is 42.2 Å². The maximum atomic E-state index is 11.8. The van der Waals surface area contributed by atoms with Gasteiger partial charge in [0.25, 0.3) is 0 Å². The number of carbonyl (C=O) groups excluding carboxylic acids is 1. The lowest BCUT2D eigenvalue weighted by atomic mass is 9.83. The molecule has 1 N–H and O–H groups in total. The van der Waals surface area contributed by atoms with Gasteiger partial charge in [-0.1, -0.05) is 18.2 Å². The van der Waals surface area contributed by atoms with Gasteiger partial charge in [-0.05, 0) is 25.0 Å². The number of aliphatic hydroxyl groups excluding tert-OH is 1. The zero-order valence-corrected chi connectivity index (χ0v) is 12.5. The van der Waals surface area contributed by atoms with Crippen LogP contribution in [0.3, 0.4) is 0 Å². The van der Waals surface area contributed by atoms with E-state index < -0.39 is 6.29 Å². The molecule has 0 saturated heterocycles. The minimum Gasteiger partial charge on any atom is -0.493 e. The Kier molecular flexibility index (Phi) is 4.34. The van der Waals surface area contributed by atoms with E-state index in [2.05, 4.69) is 0 Å². The molecule has 1 fully saturated rings. The van der Waals surface area contributed by atoms with Crippen LogP contribution in [0.5, 0.6) is 5.75 Å². The summed E-state index contributed by atoms with van der Waals surface area (Å²) in [7, 11) is 1.36. The third kappa shape index (κ3) is 2.81. The van der Waals surface area contributed by atoms with Gasteiger partial charge < -0.3 is 19.3 Å². The topological polar surface area (TPSA) is 65.0 Å². The van der Waals surface area contributed by atoms with Crippen LogP contribution in [0.1, 0.15) is 12.8 Å². The van der Waals surface area contributed by atoms with Crippen molar-refractivity contribution in [2.45, 2.75) is 19.1 Å². The molecule has 0 bridgehead atoms. The number of hydrogen-bond donors (Lipinski definition) is 1. The predicted octanol–water partition coefficient (Wildman–Crippen LogP) is 2.11. The van der Waals surface area contributed by atoms with Crippen LogP contribution in [0.2, 0.25) is 0 Å². The van der Waals surface area contributed by atoms with Crippen molar-refractivity contribution in [3.8, 4) is 5.75 Å². The van der Waals surface area contributed by atoms with Crippen molar-refractivity contribution < 1.29 is 24.1 Å². The van der Waals surface area contributed by atoms with Crippen molar-refractivity contribution in [1.82, 2.24) is 0 Å². The highest BCUT2D eigenvalue weighted by Crippen LogP contribution is 2.46. The van der Waals surface area contributed by atoms with E-state index in [1.807, 2.05) is 30.3 Å². The van der Waals surface area contributed by atoms with E-state index in [1.165, 1.54) is 13.4 Å². The summed E-state index contributed by atoms with van der Waals surface area (Å²) < 4.78 is 15.9. The van der Waals surface area contributed by atoms with Gasteiger partial charge in [0.05, 0.1) is 25.6 Å². The van der Waals surface area contributed by atoms with Gasteiger partial charge >= 0.3 is 5.97 Å². The summed E-state index contributed by atoms with van der Waals surface area (Å²) >= 11 is 0. The molecule has 0 amide bonds. The van der Waals surface area contributed by atoms with E-state index in [0.717, 1.165) is 18.6 Å². The van der Waals surface area contributed by atoms with Crippen molar-refractivity contribution in [3.63, 3.8) is 0 Å². The second-order valence-corrected chi connectivity index (χ2v) is 5.74. The van der Waals surface area contributed by atoms with Gasteiger partial charge in [-0.25, -0.2) is 4.79 Å². The average Bonchev–Trinajstić information content (AvgIpc) is 2.98. The molecule has 1 aromatic rings. The first kappa shape index (κ1) is 14.9. The normalized spacial score (nSPS) is 30.0. The third-order valence-electron chi connectivity index (χ3n) is 4.55. The highest BCUT2D eigenvalue weighted by Gasteiger charge is 2.47. The fraction of sp³-hybridized carbons (Fsp3) is 0.471. The zero-order chi connectivity index (χ0) is 15.5. The van der Waals surface area contributed by atoms with Crippen LogP contribution in [-0.4, -0.2) is 31.1 Å². The van der Waals surface area contributed by atoms with Gasteiger partial charge in [-0.2, -0.15) is 0 Å². The summed E-state index contributed by atoms with van der Waals surface area (Å²) in [6.07, 6.45) is 2.16. The zero-order valence-electron chi connectivity index (χ0n) is 12.5. The highest BCUT2D eigenvalue weighted by molar-refractivity contribution is 5.89. The molecule has 5 heteroatoms. The van der Waals surface area contributed by atoms with E-state index >= 15 is 0 Å². The van der Waals surface area contributed by atoms with E-state index in [0.29, 0.717) is 12.2 Å². The number of aliphatic hydroxyl groups is 1. The molecule has 22 heavy (non-hydrogen) atoms. The second-order valence-electron chi connectivity index (χ2n) is 5.74. The van der Waals surface area contributed by atoms with Gasteiger partial charge in [0.15, 0.2) is 6.29 Å². The van der Waals surface area contributed by atoms with Crippen molar-refractivity contribution in [2.75, 3.05) is 13.7 Å². The number of methoxy groups -OCH3 is 1. The molecular weight excluding hydrogens is 284 g/mol. The third-order valence-corrected chi connectivity index (χ3v) is 4.55. The molecule has 3 rings (SSSR count). The van der Waals surface area contributed by atoms with E-state index in [-0.39, 0.29) is 23.7 Å². The van der Waals surface area contributed by atoms with Gasteiger partial charge in [0.2, 0.25) is 0 Å². The Morgan fingerprint density at radius 1 is 1.32 bits per heavy atom. The largest absolute Gasteiger partial charge is 0.493 e. The van der Waals surface area contributed by atoms with Gasteiger partial charge in [0, 0.05) is 17.8 Å². The van der Waals surface area contributed by atoms with Crippen LogP contribution < -0.4 is 4.74 Å². The lowest BCUT2D eigenvalue weighted by molar-refractivity contribution is -0.145. The average molecular weight is 304 g/mol. The molecule has 4 unspecified atom stereocenters. The van der Waals surface area contributed by atoms with Crippen LogP contribution >= 0.6 is 0 Å². The second kappa shape index (κ2) is 6.40. The molecule has 1 aromatic carbocycles. The lowest BCUT2D eigenvalue weighted by Crippen LogP contribution is -2.38. The molecule has 1 aliphatic carbocycles. The molecule has 2 aliphatic rings. The molecule has 1 heterocycles. The number of hydrogen-bond acceptors (Lipinski definition) is 5. The first-order valence-corrected chi connectivity index (χ1v) is 7.50. The smallest absolute Gasteiger partial charge is 0.337 e. The Balaban J connectivity index is 1.69.